The van der Waals surface area contributed by atoms with Crippen LogP contribution in [0.25, 0.3) is 5.57 Å². The third kappa shape index (κ3) is 5.03. The third-order valence-corrected chi connectivity index (χ3v) is 4.56. The zero-order valence-electron chi connectivity index (χ0n) is 16.9. The Morgan fingerprint density at radius 2 is 1.72 bits per heavy atom. The molecule has 4 heteroatoms. The summed E-state index contributed by atoms with van der Waals surface area (Å²) < 4.78 is 5.20. The van der Waals surface area contributed by atoms with Crippen molar-refractivity contribution in [2.24, 2.45) is 5.41 Å². The summed E-state index contributed by atoms with van der Waals surface area (Å²) in [4.78, 5) is 12.6. The minimum atomic E-state index is -0.442. The first-order valence-electron chi connectivity index (χ1n) is 9.51. The molecule has 0 unspecified atom stereocenters. The molecule has 4 nitrogen and oxygen atoms in total. The number of carbonyl (C=O) groups excluding carboxylic acids is 1. The summed E-state index contributed by atoms with van der Waals surface area (Å²) in [6.45, 7) is 5.90. The third-order valence-electron chi connectivity index (χ3n) is 4.56. The van der Waals surface area contributed by atoms with Crippen molar-refractivity contribution in [3.05, 3.63) is 101 Å². The first kappa shape index (κ1) is 20.2. The van der Waals surface area contributed by atoms with Gasteiger partial charge in [0, 0.05) is 11.1 Å². The van der Waals surface area contributed by atoms with Gasteiger partial charge < -0.3 is 9.73 Å². The van der Waals surface area contributed by atoms with Crippen LogP contribution in [0.5, 0.6) is 0 Å². The number of hydrogen-bond acceptors (Lipinski definition) is 3. The highest BCUT2D eigenvalue weighted by atomic mass is 16.3. The fraction of sp³-hybridized carbons (Fsp3) is 0.200. The van der Waals surface area contributed by atoms with Crippen molar-refractivity contribution in [3.8, 4) is 6.07 Å². The van der Waals surface area contributed by atoms with E-state index < -0.39 is 5.41 Å². The summed E-state index contributed by atoms with van der Waals surface area (Å²) in [7, 11) is 0. The Balaban J connectivity index is 1.99. The standard InChI is InChI=1S/C25H24N2O2/c1-25(2,3)23(27-24(28)22-13-8-14-29-22)21(17-26)20-12-7-11-19(16-20)15-18-9-5-4-6-10-18/h4-14,16H,15H2,1-3H3,(H,27,28)/b23-21-. The summed E-state index contributed by atoms with van der Waals surface area (Å²) in [6, 6.07) is 23.6. The Hall–Kier alpha value is -3.58. The van der Waals surface area contributed by atoms with Crippen LogP contribution < -0.4 is 5.32 Å². The van der Waals surface area contributed by atoms with Gasteiger partial charge in [0.15, 0.2) is 5.76 Å². The van der Waals surface area contributed by atoms with Gasteiger partial charge in [0.1, 0.15) is 6.07 Å². The molecule has 1 heterocycles. The summed E-state index contributed by atoms with van der Waals surface area (Å²) >= 11 is 0. The van der Waals surface area contributed by atoms with Gasteiger partial charge in [0.05, 0.1) is 11.8 Å². The van der Waals surface area contributed by atoms with E-state index in [4.69, 9.17) is 4.42 Å². The molecule has 0 bridgehead atoms. The van der Waals surface area contributed by atoms with Gasteiger partial charge in [-0.05, 0) is 35.2 Å². The van der Waals surface area contributed by atoms with Crippen molar-refractivity contribution in [2.45, 2.75) is 27.2 Å². The number of benzene rings is 2. The lowest BCUT2D eigenvalue weighted by atomic mass is 9.86. The second kappa shape index (κ2) is 8.62. The molecule has 0 radical (unpaired) electrons. The first-order chi connectivity index (χ1) is 13.9. The zero-order chi connectivity index (χ0) is 20.9. The minimum Gasteiger partial charge on any atom is -0.459 e. The van der Waals surface area contributed by atoms with Crippen molar-refractivity contribution in [1.82, 2.24) is 5.32 Å². The molecule has 0 aliphatic heterocycles. The van der Waals surface area contributed by atoms with Crippen LogP contribution in [0.2, 0.25) is 0 Å². The van der Waals surface area contributed by atoms with Crippen LogP contribution in [0, 0.1) is 16.7 Å². The van der Waals surface area contributed by atoms with Gasteiger partial charge in [-0.2, -0.15) is 5.26 Å². The van der Waals surface area contributed by atoms with Gasteiger partial charge >= 0.3 is 0 Å². The Morgan fingerprint density at radius 3 is 2.34 bits per heavy atom. The van der Waals surface area contributed by atoms with Crippen molar-refractivity contribution in [1.29, 1.82) is 5.26 Å². The fourth-order valence-corrected chi connectivity index (χ4v) is 3.14. The maximum Gasteiger partial charge on any atom is 0.291 e. The summed E-state index contributed by atoms with van der Waals surface area (Å²) in [6.07, 6.45) is 2.23. The van der Waals surface area contributed by atoms with E-state index in [1.807, 2.05) is 63.2 Å². The number of amides is 1. The first-order valence-corrected chi connectivity index (χ1v) is 9.51. The molecule has 0 fully saturated rings. The van der Waals surface area contributed by atoms with E-state index in [1.165, 1.54) is 11.8 Å². The highest BCUT2D eigenvalue weighted by Gasteiger charge is 2.25. The smallest absolute Gasteiger partial charge is 0.291 e. The van der Waals surface area contributed by atoms with Crippen LogP contribution in [0.3, 0.4) is 0 Å². The number of hydrogen-bond donors (Lipinski definition) is 1. The summed E-state index contributed by atoms with van der Waals surface area (Å²) in [5, 5.41) is 12.9. The van der Waals surface area contributed by atoms with E-state index >= 15 is 0 Å². The van der Waals surface area contributed by atoms with Crippen molar-refractivity contribution >= 4 is 11.5 Å². The molecule has 0 atom stereocenters. The largest absolute Gasteiger partial charge is 0.459 e. The van der Waals surface area contributed by atoms with Crippen molar-refractivity contribution in [2.75, 3.05) is 0 Å². The maximum atomic E-state index is 12.6. The molecule has 2 aromatic carbocycles. The lowest BCUT2D eigenvalue weighted by Gasteiger charge is -2.25. The molecule has 1 amide bonds. The van der Waals surface area contributed by atoms with Gasteiger partial charge in [-0.3, -0.25) is 4.79 Å². The molecule has 0 saturated carbocycles. The zero-order valence-corrected chi connectivity index (χ0v) is 16.9. The van der Waals surface area contributed by atoms with Crippen LogP contribution in [0.1, 0.15) is 48.0 Å². The predicted octanol–water partition coefficient (Wildman–Crippen LogP) is 5.58. The number of allylic oxidation sites excluding steroid dienone is 2. The number of nitriles is 1. The Bertz CT molecular complexity index is 1050. The minimum absolute atomic E-state index is 0.210. The van der Waals surface area contributed by atoms with Gasteiger partial charge in [0.25, 0.3) is 5.91 Å². The number of rotatable bonds is 5. The molecule has 146 valence electrons. The lowest BCUT2D eigenvalue weighted by molar-refractivity contribution is 0.0930. The molecule has 29 heavy (non-hydrogen) atoms. The summed E-state index contributed by atoms with van der Waals surface area (Å²) in [5.74, 6) is -0.157. The van der Waals surface area contributed by atoms with E-state index in [1.54, 1.807) is 12.1 Å². The number of nitrogens with one attached hydrogen (secondary N) is 1. The van der Waals surface area contributed by atoms with Gasteiger partial charge in [-0.15, -0.1) is 0 Å². The van der Waals surface area contributed by atoms with E-state index in [0.717, 1.165) is 17.5 Å². The van der Waals surface area contributed by atoms with Crippen LogP contribution in [0.4, 0.5) is 0 Å². The lowest BCUT2D eigenvalue weighted by Crippen LogP contribution is -2.31. The molecule has 1 aromatic heterocycles. The maximum absolute atomic E-state index is 12.6. The van der Waals surface area contributed by atoms with Crippen LogP contribution >= 0.6 is 0 Å². The van der Waals surface area contributed by atoms with Crippen LogP contribution in [0.15, 0.2) is 83.1 Å². The van der Waals surface area contributed by atoms with E-state index in [0.29, 0.717) is 11.3 Å². The van der Waals surface area contributed by atoms with Crippen LogP contribution in [-0.4, -0.2) is 5.91 Å². The SMILES string of the molecule is CC(C)(C)/C(NC(=O)c1ccco1)=C(\C#N)c1cccc(Cc2ccccc2)c1. The molecule has 0 aliphatic carbocycles. The van der Waals surface area contributed by atoms with Gasteiger partial charge in [-0.1, -0.05) is 75.4 Å². The number of furan rings is 1. The predicted molar refractivity (Wildman–Crippen MR) is 114 cm³/mol. The fourth-order valence-electron chi connectivity index (χ4n) is 3.14. The molecular weight excluding hydrogens is 360 g/mol. The molecule has 1 N–H and O–H groups in total. The topological polar surface area (TPSA) is 66.0 Å². The Labute approximate surface area is 171 Å². The van der Waals surface area contributed by atoms with Gasteiger partial charge in [0.2, 0.25) is 0 Å². The van der Waals surface area contributed by atoms with Crippen molar-refractivity contribution < 1.29 is 9.21 Å². The second-order valence-corrected chi connectivity index (χ2v) is 7.91. The number of nitrogens with zero attached hydrogens (tertiary/aromatic N) is 1. The molecule has 0 saturated heterocycles. The van der Waals surface area contributed by atoms with E-state index in [9.17, 15) is 10.1 Å². The second-order valence-electron chi connectivity index (χ2n) is 7.91. The molecule has 3 aromatic rings. The highest BCUT2D eigenvalue weighted by Crippen LogP contribution is 2.31. The molecule has 3 rings (SSSR count). The summed E-state index contributed by atoms with van der Waals surface area (Å²) in [5.41, 5.74) is 3.67. The molecular formula is C25H24N2O2. The van der Waals surface area contributed by atoms with E-state index in [-0.39, 0.29) is 11.7 Å². The quantitative estimate of drug-likeness (QED) is 0.584. The Morgan fingerprint density at radius 1 is 1.00 bits per heavy atom. The Kier molecular flexibility index (Phi) is 5.99. The van der Waals surface area contributed by atoms with Crippen molar-refractivity contribution in [3.63, 3.8) is 0 Å². The molecule has 0 aliphatic rings. The normalized spacial score (nSPS) is 12.1. The van der Waals surface area contributed by atoms with Crippen LogP contribution in [-0.2, 0) is 6.42 Å². The average molecular weight is 384 g/mol. The highest BCUT2D eigenvalue weighted by molar-refractivity contribution is 5.95. The molecule has 0 spiro atoms. The monoisotopic (exact) mass is 384 g/mol. The van der Waals surface area contributed by atoms with E-state index in [2.05, 4.69) is 23.5 Å². The number of carbonyl (C=O) groups is 1. The van der Waals surface area contributed by atoms with Gasteiger partial charge in [-0.25, -0.2) is 0 Å². The average Bonchev–Trinajstić information content (AvgIpc) is 3.23.